The number of ether oxygens (including phenoxy) is 1. The molecule has 0 bridgehead atoms. The van der Waals surface area contributed by atoms with Crippen molar-refractivity contribution < 1.29 is 4.74 Å². The highest BCUT2D eigenvalue weighted by Gasteiger charge is 2.18. The highest BCUT2D eigenvalue weighted by atomic mass is 16.5. The molecular formula is C20H34N4O. The van der Waals surface area contributed by atoms with Gasteiger partial charge in [-0.1, -0.05) is 19.1 Å². The topological polar surface area (TPSA) is 48.9 Å². The average Bonchev–Trinajstić information content (AvgIpc) is 2.66. The maximum absolute atomic E-state index is 5.20. The molecule has 0 atom stereocenters. The van der Waals surface area contributed by atoms with Gasteiger partial charge in [0.2, 0.25) is 0 Å². The molecule has 0 aromatic heterocycles. The van der Waals surface area contributed by atoms with Gasteiger partial charge in [0.1, 0.15) is 5.75 Å². The number of methoxy groups -OCH3 is 1. The zero-order chi connectivity index (χ0) is 17.9. The molecule has 2 rings (SSSR count). The molecule has 0 amide bonds. The van der Waals surface area contributed by atoms with Crippen molar-refractivity contribution in [1.29, 1.82) is 0 Å². The fourth-order valence-corrected chi connectivity index (χ4v) is 3.21. The van der Waals surface area contributed by atoms with Crippen LogP contribution in [-0.2, 0) is 6.54 Å². The van der Waals surface area contributed by atoms with Gasteiger partial charge in [-0.05, 0) is 69.4 Å². The first kappa shape index (κ1) is 19.6. The Balaban J connectivity index is 1.79. The number of nitrogens with one attached hydrogen (secondary N) is 2. The second-order valence-electron chi connectivity index (χ2n) is 6.71. The van der Waals surface area contributed by atoms with E-state index < -0.39 is 0 Å². The molecular weight excluding hydrogens is 312 g/mol. The van der Waals surface area contributed by atoms with Crippen molar-refractivity contribution in [3.05, 3.63) is 29.8 Å². The molecule has 25 heavy (non-hydrogen) atoms. The van der Waals surface area contributed by atoms with Crippen LogP contribution in [0.15, 0.2) is 29.3 Å². The number of nitrogens with zero attached hydrogens (tertiary/aromatic N) is 2. The largest absolute Gasteiger partial charge is 0.497 e. The number of rotatable bonds is 8. The van der Waals surface area contributed by atoms with Gasteiger partial charge in [0.05, 0.1) is 13.7 Å². The van der Waals surface area contributed by atoms with Crippen LogP contribution in [0.2, 0.25) is 0 Å². The Hall–Kier alpha value is -1.75. The van der Waals surface area contributed by atoms with E-state index in [2.05, 4.69) is 41.5 Å². The van der Waals surface area contributed by atoms with Gasteiger partial charge in [-0.3, -0.25) is 0 Å². The van der Waals surface area contributed by atoms with Gasteiger partial charge in [-0.2, -0.15) is 0 Å². The molecule has 1 aromatic rings. The van der Waals surface area contributed by atoms with Gasteiger partial charge in [0, 0.05) is 13.1 Å². The van der Waals surface area contributed by atoms with E-state index in [9.17, 15) is 0 Å². The van der Waals surface area contributed by atoms with Crippen molar-refractivity contribution in [2.24, 2.45) is 10.9 Å². The zero-order valence-electron chi connectivity index (χ0n) is 16.1. The number of aliphatic imine (C=N–C) groups is 1. The Kier molecular flexibility index (Phi) is 8.60. The fraction of sp³-hybridized carbons (Fsp3) is 0.650. The maximum atomic E-state index is 5.20. The zero-order valence-corrected chi connectivity index (χ0v) is 16.1. The quantitative estimate of drug-likeness (QED) is 0.561. The van der Waals surface area contributed by atoms with Gasteiger partial charge >= 0.3 is 0 Å². The van der Waals surface area contributed by atoms with E-state index in [0.717, 1.165) is 30.7 Å². The monoisotopic (exact) mass is 346 g/mol. The third-order valence-electron chi connectivity index (χ3n) is 4.73. The SMILES string of the molecule is CCCN1CCC(CNC(=NCc2ccc(OC)cc2)NCC)CC1. The number of likely N-dealkylation sites (tertiary alicyclic amines) is 1. The number of benzene rings is 1. The van der Waals surface area contributed by atoms with Gasteiger partial charge < -0.3 is 20.3 Å². The van der Waals surface area contributed by atoms with Crippen molar-refractivity contribution in [2.45, 2.75) is 39.7 Å². The van der Waals surface area contributed by atoms with Crippen LogP contribution in [0, 0.1) is 5.92 Å². The van der Waals surface area contributed by atoms with Crippen molar-refractivity contribution in [3.8, 4) is 5.75 Å². The molecule has 1 saturated heterocycles. The van der Waals surface area contributed by atoms with Crippen molar-refractivity contribution in [3.63, 3.8) is 0 Å². The normalized spacial score (nSPS) is 16.7. The molecule has 1 aromatic carbocycles. The molecule has 5 nitrogen and oxygen atoms in total. The molecule has 1 heterocycles. The summed E-state index contributed by atoms with van der Waals surface area (Å²) in [7, 11) is 1.69. The summed E-state index contributed by atoms with van der Waals surface area (Å²) in [6, 6.07) is 8.09. The van der Waals surface area contributed by atoms with Crippen LogP contribution in [0.1, 0.15) is 38.7 Å². The lowest BCUT2D eigenvalue weighted by Crippen LogP contribution is -2.43. The lowest BCUT2D eigenvalue weighted by molar-refractivity contribution is 0.185. The molecule has 0 saturated carbocycles. The van der Waals surface area contributed by atoms with E-state index in [4.69, 9.17) is 9.73 Å². The summed E-state index contributed by atoms with van der Waals surface area (Å²) in [5, 5.41) is 6.87. The minimum atomic E-state index is 0.675. The Labute approximate surface area is 152 Å². The first-order valence-corrected chi connectivity index (χ1v) is 9.62. The van der Waals surface area contributed by atoms with Crippen LogP contribution in [0.25, 0.3) is 0 Å². The van der Waals surface area contributed by atoms with Crippen LogP contribution in [0.4, 0.5) is 0 Å². The van der Waals surface area contributed by atoms with Gasteiger partial charge in [-0.25, -0.2) is 4.99 Å². The molecule has 140 valence electrons. The van der Waals surface area contributed by atoms with Crippen LogP contribution in [0.5, 0.6) is 5.75 Å². The molecule has 0 radical (unpaired) electrons. The van der Waals surface area contributed by atoms with E-state index in [1.165, 1.54) is 44.5 Å². The van der Waals surface area contributed by atoms with E-state index >= 15 is 0 Å². The van der Waals surface area contributed by atoms with Gasteiger partial charge in [-0.15, -0.1) is 0 Å². The van der Waals surface area contributed by atoms with E-state index in [-0.39, 0.29) is 0 Å². The van der Waals surface area contributed by atoms with E-state index in [0.29, 0.717) is 6.54 Å². The fourth-order valence-electron chi connectivity index (χ4n) is 3.21. The molecule has 2 N–H and O–H groups in total. The van der Waals surface area contributed by atoms with Crippen LogP contribution in [0.3, 0.4) is 0 Å². The number of hydrogen-bond donors (Lipinski definition) is 2. The van der Waals surface area contributed by atoms with Crippen molar-refractivity contribution >= 4 is 5.96 Å². The molecule has 0 unspecified atom stereocenters. The summed E-state index contributed by atoms with van der Waals surface area (Å²) in [4.78, 5) is 7.29. The second kappa shape index (κ2) is 11.0. The lowest BCUT2D eigenvalue weighted by atomic mass is 9.97. The number of guanidine groups is 1. The molecule has 1 fully saturated rings. The van der Waals surface area contributed by atoms with Crippen LogP contribution in [-0.4, -0.2) is 50.7 Å². The summed E-state index contributed by atoms with van der Waals surface area (Å²) in [6.07, 6.45) is 3.82. The summed E-state index contributed by atoms with van der Waals surface area (Å²) in [5.74, 6) is 2.54. The predicted octanol–water partition coefficient (Wildman–Crippen LogP) is 2.87. The van der Waals surface area contributed by atoms with E-state index in [1.807, 2.05) is 12.1 Å². The second-order valence-corrected chi connectivity index (χ2v) is 6.71. The first-order chi connectivity index (χ1) is 12.2. The number of hydrogen-bond acceptors (Lipinski definition) is 3. The average molecular weight is 347 g/mol. The first-order valence-electron chi connectivity index (χ1n) is 9.62. The third-order valence-corrected chi connectivity index (χ3v) is 4.73. The molecule has 5 heteroatoms. The Morgan fingerprint density at radius 2 is 1.88 bits per heavy atom. The predicted molar refractivity (Wildman–Crippen MR) is 105 cm³/mol. The highest BCUT2D eigenvalue weighted by molar-refractivity contribution is 5.79. The third kappa shape index (κ3) is 6.94. The summed E-state index contributed by atoms with van der Waals surface area (Å²) in [6.45, 7) is 10.6. The minimum absolute atomic E-state index is 0.675. The summed E-state index contributed by atoms with van der Waals surface area (Å²) >= 11 is 0. The standard InChI is InChI=1S/C20H34N4O/c1-4-12-24-13-10-18(11-14-24)16-23-20(21-5-2)22-15-17-6-8-19(25-3)9-7-17/h6-9,18H,4-5,10-16H2,1-3H3,(H2,21,22,23). The Morgan fingerprint density at radius 1 is 1.16 bits per heavy atom. The smallest absolute Gasteiger partial charge is 0.191 e. The van der Waals surface area contributed by atoms with Gasteiger partial charge in [0.25, 0.3) is 0 Å². The lowest BCUT2D eigenvalue weighted by Gasteiger charge is -2.32. The minimum Gasteiger partial charge on any atom is -0.497 e. The molecule has 0 spiro atoms. The van der Waals surface area contributed by atoms with E-state index in [1.54, 1.807) is 7.11 Å². The Bertz CT molecular complexity index is 507. The van der Waals surface area contributed by atoms with Crippen LogP contribution < -0.4 is 15.4 Å². The molecule has 1 aliphatic rings. The van der Waals surface area contributed by atoms with Crippen LogP contribution >= 0.6 is 0 Å². The maximum Gasteiger partial charge on any atom is 0.191 e. The highest BCUT2D eigenvalue weighted by Crippen LogP contribution is 2.16. The molecule has 0 aliphatic carbocycles. The van der Waals surface area contributed by atoms with Crippen molar-refractivity contribution in [2.75, 3.05) is 39.8 Å². The number of piperidine rings is 1. The Morgan fingerprint density at radius 3 is 2.48 bits per heavy atom. The van der Waals surface area contributed by atoms with Crippen molar-refractivity contribution in [1.82, 2.24) is 15.5 Å². The molecule has 1 aliphatic heterocycles. The van der Waals surface area contributed by atoms with Gasteiger partial charge in [0.15, 0.2) is 5.96 Å². The summed E-state index contributed by atoms with van der Waals surface area (Å²) < 4.78 is 5.20. The summed E-state index contributed by atoms with van der Waals surface area (Å²) in [5.41, 5.74) is 1.19.